The Kier molecular flexibility index (Phi) is 12.7. The van der Waals surface area contributed by atoms with Gasteiger partial charge in [-0.15, -0.1) is 0 Å². The number of aryl methyl sites for hydroxylation is 1. The van der Waals surface area contributed by atoms with E-state index in [1.54, 1.807) is 12.5 Å². The molecule has 3 radical (unpaired) electrons. The molecule has 0 saturated heterocycles. The van der Waals surface area contributed by atoms with E-state index in [0.29, 0.717) is 0 Å². The maximum absolute atomic E-state index is 3.78. The molecule has 0 aliphatic heterocycles. The first kappa shape index (κ1) is 15.7. The van der Waals surface area contributed by atoms with Crippen molar-refractivity contribution in [2.24, 2.45) is 7.05 Å². The molecule has 3 heteroatoms. The summed E-state index contributed by atoms with van der Waals surface area (Å²) in [5, 5.41) is 0. The monoisotopic (exact) mass is 125 g/mol. The second-order valence-corrected chi connectivity index (χ2v) is 1.23. The summed E-state index contributed by atoms with van der Waals surface area (Å²) in [5.41, 5.74) is 0. The van der Waals surface area contributed by atoms with Crippen molar-refractivity contribution in [1.82, 2.24) is 9.55 Å². The lowest BCUT2D eigenvalue weighted by Gasteiger charge is -1.76. The summed E-state index contributed by atoms with van der Waals surface area (Å²) in [6.45, 7) is 0. The van der Waals surface area contributed by atoms with Crippen molar-refractivity contribution in [3.63, 3.8) is 0 Å². The molecule has 51 valence electrons. The number of hydrogen-bond acceptors (Lipinski definition) is 1. The summed E-state index contributed by atoms with van der Waals surface area (Å²) in [4.78, 5) is 3.78. The van der Waals surface area contributed by atoms with E-state index in [-0.39, 0.29) is 23.3 Å². The van der Waals surface area contributed by atoms with Crippen LogP contribution < -0.4 is 0 Å². The highest BCUT2D eigenvalue weighted by molar-refractivity contribution is 5.75. The Balaban J connectivity index is -0.000000120. The topological polar surface area (TPSA) is 17.8 Å². The zero-order valence-electron chi connectivity index (χ0n) is 4.20. The molecule has 0 fully saturated rings. The van der Waals surface area contributed by atoms with Gasteiger partial charge >= 0.3 is 0 Å². The van der Waals surface area contributed by atoms with Crippen LogP contribution in [0.3, 0.4) is 0 Å². The van der Waals surface area contributed by atoms with Gasteiger partial charge in [0, 0.05) is 27.9 Å². The van der Waals surface area contributed by atoms with Crippen molar-refractivity contribution >= 4 is 8.41 Å². The number of rotatable bonds is 0. The van der Waals surface area contributed by atoms with Crippen LogP contribution in [-0.2, 0) is 7.05 Å². The van der Waals surface area contributed by atoms with Crippen molar-refractivity contribution in [2.45, 2.75) is 14.9 Å². The van der Waals surface area contributed by atoms with Crippen LogP contribution >= 0.6 is 0 Å². The average molecular weight is 125 g/mol. The van der Waals surface area contributed by atoms with Gasteiger partial charge < -0.3 is 4.57 Å². The molecular weight excluding hydrogens is 111 g/mol. The van der Waals surface area contributed by atoms with E-state index < -0.39 is 0 Å². The Morgan fingerprint density at radius 3 is 2.00 bits per heavy atom. The van der Waals surface area contributed by atoms with E-state index in [1.165, 1.54) is 0 Å². The predicted octanol–water partition coefficient (Wildman–Crippen LogP) is 1.31. The van der Waals surface area contributed by atoms with Gasteiger partial charge in [0.2, 0.25) is 0 Å². The third-order valence-corrected chi connectivity index (χ3v) is 0.637. The van der Waals surface area contributed by atoms with Crippen LogP contribution in [0.2, 0.25) is 0 Å². The summed E-state index contributed by atoms with van der Waals surface area (Å²) in [6.07, 6.45) is 5.39. The molecule has 9 heavy (non-hydrogen) atoms. The van der Waals surface area contributed by atoms with E-state index in [2.05, 4.69) is 4.98 Å². The maximum atomic E-state index is 3.78. The largest absolute Gasteiger partial charge is 0.341 e. The zero-order valence-corrected chi connectivity index (χ0v) is 4.20. The first-order valence-corrected chi connectivity index (χ1v) is 1.81. The molecule has 0 aromatic carbocycles. The summed E-state index contributed by atoms with van der Waals surface area (Å²) in [6, 6.07) is 0. The minimum absolute atomic E-state index is 0. The highest BCUT2D eigenvalue weighted by atomic mass is 15.0. The van der Waals surface area contributed by atoms with Crippen LogP contribution in [0, 0.1) is 0 Å². The van der Waals surface area contributed by atoms with Gasteiger partial charge in [-0.2, -0.15) is 0 Å². The Labute approximate surface area is 59.5 Å². The molecule has 0 unspecified atom stereocenters. The summed E-state index contributed by atoms with van der Waals surface area (Å²) in [5.74, 6) is 0. The second-order valence-electron chi connectivity index (χ2n) is 1.23. The van der Waals surface area contributed by atoms with Crippen LogP contribution in [0.5, 0.6) is 0 Å². The van der Waals surface area contributed by atoms with Crippen LogP contribution in [0.1, 0.15) is 14.9 Å². The highest BCUT2D eigenvalue weighted by Crippen LogP contribution is 1.73. The standard InChI is InChI=1S/C4H6N2.2CH4.B/c1-6-3-2-5-4-6;;;/h2-4H,1H3;2*1H4;. The molecule has 1 aromatic heterocycles. The highest BCUT2D eigenvalue weighted by Gasteiger charge is 1.69. The maximum Gasteiger partial charge on any atom is 0.0943 e. The molecule has 1 rings (SSSR count). The molecule has 0 spiro atoms. The Bertz CT molecular complexity index is 115. The first-order chi connectivity index (χ1) is 2.89. The third-order valence-electron chi connectivity index (χ3n) is 0.637. The Hall–Kier alpha value is -0.725. The predicted molar refractivity (Wildman–Crippen MR) is 42.4 cm³/mol. The number of imidazole rings is 1. The molecule has 0 saturated carbocycles. The number of aromatic nitrogens is 2. The quantitative estimate of drug-likeness (QED) is 0.478. The summed E-state index contributed by atoms with van der Waals surface area (Å²) < 4.78 is 1.89. The lowest BCUT2D eigenvalue weighted by molar-refractivity contribution is 0.913. The molecule has 0 amide bonds. The van der Waals surface area contributed by atoms with Crippen LogP contribution in [0.25, 0.3) is 0 Å². The Morgan fingerprint density at radius 2 is 1.89 bits per heavy atom. The van der Waals surface area contributed by atoms with Gasteiger partial charge in [0.05, 0.1) is 6.33 Å². The van der Waals surface area contributed by atoms with E-state index in [0.717, 1.165) is 0 Å². The van der Waals surface area contributed by atoms with Gasteiger partial charge in [0.15, 0.2) is 0 Å². The van der Waals surface area contributed by atoms with Crippen molar-refractivity contribution < 1.29 is 0 Å². The van der Waals surface area contributed by atoms with Gasteiger partial charge in [-0.1, -0.05) is 14.9 Å². The van der Waals surface area contributed by atoms with Crippen molar-refractivity contribution in [3.8, 4) is 0 Å². The number of hydrogen-bond donors (Lipinski definition) is 0. The van der Waals surface area contributed by atoms with Crippen LogP contribution in [0.15, 0.2) is 18.7 Å². The van der Waals surface area contributed by atoms with Gasteiger partial charge in [-0.25, -0.2) is 4.98 Å². The molecule has 0 atom stereocenters. The number of nitrogens with zero attached hydrogens (tertiary/aromatic N) is 2. The normalized spacial score (nSPS) is 5.89. The molecule has 0 aliphatic rings. The van der Waals surface area contributed by atoms with Crippen molar-refractivity contribution in [3.05, 3.63) is 18.7 Å². The molecule has 1 aromatic rings. The smallest absolute Gasteiger partial charge is 0.0943 e. The van der Waals surface area contributed by atoms with Crippen molar-refractivity contribution in [2.75, 3.05) is 0 Å². The molecule has 1 heterocycles. The van der Waals surface area contributed by atoms with E-state index >= 15 is 0 Å². The Morgan fingerprint density at radius 1 is 1.33 bits per heavy atom. The van der Waals surface area contributed by atoms with Gasteiger partial charge in [0.1, 0.15) is 0 Å². The van der Waals surface area contributed by atoms with E-state index in [4.69, 9.17) is 0 Å². The summed E-state index contributed by atoms with van der Waals surface area (Å²) >= 11 is 0. The molecular formula is C6H14BN2. The first-order valence-electron chi connectivity index (χ1n) is 1.81. The average Bonchev–Trinajstić information content (AvgIpc) is 1.86. The van der Waals surface area contributed by atoms with E-state index in [1.807, 2.05) is 17.8 Å². The minimum Gasteiger partial charge on any atom is -0.341 e. The van der Waals surface area contributed by atoms with Crippen LogP contribution in [-0.4, -0.2) is 18.0 Å². The van der Waals surface area contributed by atoms with E-state index in [9.17, 15) is 0 Å². The SMILES string of the molecule is C.C.Cn1ccnc1.[B]. The third kappa shape index (κ3) is 5.14. The molecule has 0 N–H and O–H groups in total. The fraction of sp³-hybridized carbons (Fsp3) is 0.500. The molecule has 0 bridgehead atoms. The van der Waals surface area contributed by atoms with Gasteiger partial charge in [-0.05, 0) is 0 Å². The summed E-state index contributed by atoms with van der Waals surface area (Å²) in [7, 11) is 1.94. The minimum atomic E-state index is 0. The van der Waals surface area contributed by atoms with Crippen molar-refractivity contribution in [1.29, 1.82) is 0 Å². The lowest BCUT2D eigenvalue weighted by Crippen LogP contribution is -1.76. The fourth-order valence-corrected chi connectivity index (χ4v) is 0.326. The van der Waals surface area contributed by atoms with Gasteiger partial charge in [-0.3, -0.25) is 0 Å². The fourth-order valence-electron chi connectivity index (χ4n) is 0.326. The van der Waals surface area contributed by atoms with Crippen LogP contribution in [0.4, 0.5) is 0 Å². The second kappa shape index (κ2) is 7.27. The molecule has 0 aliphatic carbocycles. The molecule has 2 nitrogen and oxygen atoms in total. The van der Waals surface area contributed by atoms with Gasteiger partial charge in [0.25, 0.3) is 0 Å². The zero-order chi connectivity index (χ0) is 4.41. The lowest BCUT2D eigenvalue weighted by atomic mass is 10.8.